The van der Waals surface area contributed by atoms with Crippen LogP contribution in [0.5, 0.6) is 5.75 Å². The lowest BCUT2D eigenvalue weighted by atomic mass is 10.1. The van der Waals surface area contributed by atoms with Crippen LogP contribution in [0.2, 0.25) is 0 Å². The number of aryl methyl sites for hydroxylation is 2. The van der Waals surface area contributed by atoms with E-state index >= 15 is 0 Å². The Morgan fingerprint density at radius 3 is 2.48 bits per heavy atom. The van der Waals surface area contributed by atoms with Crippen LogP contribution >= 0.6 is 0 Å². The van der Waals surface area contributed by atoms with E-state index in [1.54, 1.807) is 12.1 Å². The molecule has 5 nitrogen and oxygen atoms in total. The second kappa shape index (κ2) is 7.91. The van der Waals surface area contributed by atoms with Gasteiger partial charge in [0.15, 0.2) is 0 Å². The molecule has 0 spiro atoms. The molecule has 0 saturated carbocycles. The topological polar surface area (TPSA) is 49.2 Å². The third kappa shape index (κ3) is 3.74. The molecule has 0 aliphatic carbocycles. The van der Waals surface area contributed by atoms with Crippen molar-refractivity contribution in [2.45, 2.75) is 33.2 Å². The van der Waals surface area contributed by atoms with Gasteiger partial charge in [-0.3, -0.25) is 4.98 Å². The lowest BCUT2D eigenvalue weighted by Gasteiger charge is -2.12. The van der Waals surface area contributed by atoms with Gasteiger partial charge in [-0.05, 0) is 38.1 Å². The Balaban J connectivity index is 1.90. The Hall–Kier alpha value is -2.80. The minimum absolute atomic E-state index is 0.122. The number of aromatic nitrogens is 3. The van der Waals surface area contributed by atoms with E-state index in [0.29, 0.717) is 19.8 Å². The predicted octanol–water partition coefficient (Wildman–Crippen LogP) is 4.75. The molecular weight excluding hydrogens is 376 g/mol. The lowest BCUT2D eigenvalue weighted by Crippen LogP contribution is -2.06. The summed E-state index contributed by atoms with van der Waals surface area (Å²) >= 11 is 0. The normalized spacial score (nSPS) is 14.0. The van der Waals surface area contributed by atoms with Crippen molar-refractivity contribution in [1.29, 1.82) is 0 Å². The van der Waals surface area contributed by atoms with Crippen LogP contribution in [0.1, 0.15) is 29.1 Å². The Bertz CT molecular complexity index is 1030. The number of benzene rings is 1. The van der Waals surface area contributed by atoms with Gasteiger partial charge in [-0.2, -0.15) is 0 Å². The Kier molecular flexibility index (Phi) is 5.32. The van der Waals surface area contributed by atoms with Crippen LogP contribution in [0.15, 0.2) is 30.3 Å². The van der Waals surface area contributed by atoms with Crippen molar-refractivity contribution < 1.29 is 18.3 Å². The maximum Gasteiger partial charge on any atom is 0.267 e. The number of hydrogen-bond donors (Lipinski definition) is 0. The van der Waals surface area contributed by atoms with Crippen molar-refractivity contribution in [3.63, 3.8) is 0 Å². The molecule has 0 amide bonds. The fourth-order valence-electron chi connectivity index (χ4n) is 3.86. The zero-order chi connectivity index (χ0) is 20.5. The summed E-state index contributed by atoms with van der Waals surface area (Å²) in [5, 5.41) is 0. The van der Waals surface area contributed by atoms with Gasteiger partial charge in [-0.25, -0.2) is 13.8 Å². The molecule has 0 saturated heterocycles. The van der Waals surface area contributed by atoms with Crippen LogP contribution in [0.25, 0.3) is 22.6 Å². The first-order valence-electron chi connectivity index (χ1n) is 9.57. The molecule has 29 heavy (non-hydrogen) atoms. The number of halogens is 2. The number of hydrogen-bond acceptors (Lipinski definition) is 4. The van der Waals surface area contributed by atoms with Gasteiger partial charge < -0.3 is 14.0 Å². The van der Waals surface area contributed by atoms with E-state index in [9.17, 15) is 8.78 Å². The molecule has 0 fully saturated rings. The number of pyridine rings is 1. The van der Waals surface area contributed by atoms with Crippen LogP contribution in [-0.2, 0) is 17.7 Å². The van der Waals surface area contributed by atoms with E-state index in [1.165, 1.54) is 13.2 Å². The van der Waals surface area contributed by atoms with E-state index in [2.05, 4.69) is 9.55 Å². The van der Waals surface area contributed by atoms with Gasteiger partial charge in [0.2, 0.25) is 0 Å². The summed E-state index contributed by atoms with van der Waals surface area (Å²) in [5.41, 5.74) is 5.44. The number of nitrogens with zero attached hydrogens (tertiary/aromatic N) is 3. The van der Waals surface area contributed by atoms with Crippen LogP contribution in [-0.4, -0.2) is 34.9 Å². The number of methoxy groups -OCH3 is 1. The molecule has 3 aromatic rings. The van der Waals surface area contributed by atoms with E-state index in [4.69, 9.17) is 14.5 Å². The molecule has 0 unspecified atom stereocenters. The molecule has 1 aromatic carbocycles. The highest BCUT2D eigenvalue weighted by Crippen LogP contribution is 2.36. The summed E-state index contributed by atoms with van der Waals surface area (Å²) < 4.78 is 39.5. The molecule has 0 bridgehead atoms. The maximum absolute atomic E-state index is 13.3. The highest BCUT2D eigenvalue weighted by atomic mass is 19.3. The number of imidazole rings is 1. The highest BCUT2D eigenvalue weighted by Gasteiger charge is 2.23. The molecule has 0 atom stereocenters. The van der Waals surface area contributed by atoms with Gasteiger partial charge in [-0.15, -0.1) is 0 Å². The zero-order valence-electron chi connectivity index (χ0n) is 16.7. The fraction of sp³-hybridized carbons (Fsp3) is 0.364. The number of rotatable bonds is 4. The maximum atomic E-state index is 13.3. The second-order valence-corrected chi connectivity index (χ2v) is 7.14. The van der Waals surface area contributed by atoms with Gasteiger partial charge in [0.05, 0.1) is 31.6 Å². The first-order chi connectivity index (χ1) is 14.0. The molecule has 0 radical (unpaired) electrons. The van der Waals surface area contributed by atoms with E-state index in [0.717, 1.165) is 46.1 Å². The SMILES string of the molecule is COc1cc(-c2nc(-c3cc(C)nc(C)c3)c3n2CCOCC3)ccc1C(F)F. The highest BCUT2D eigenvalue weighted by molar-refractivity contribution is 5.70. The van der Waals surface area contributed by atoms with Crippen LogP contribution in [0, 0.1) is 13.8 Å². The van der Waals surface area contributed by atoms with E-state index in [-0.39, 0.29) is 11.3 Å². The van der Waals surface area contributed by atoms with E-state index < -0.39 is 6.43 Å². The Morgan fingerprint density at radius 1 is 1.03 bits per heavy atom. The van der Waals surface area contributed by atoms with Gasteiger partial charge in [0.25, 0.3) is 6.43 Å². The molecule has 2 aromatic heterocycles. The van der Waals surface area contributed by atoms with Gasteiger partial charge in [-0.1, -0.05) is 6.07 Å². The largest absolute Gasteiger partial charge is 0.496 e. The molecule has 152 valence electrons. The zero-order valence-corrected chi connectivity index (χ0v) is 16.7. The number of fused-ring (bicyclic) bond motifs is 1. The third-order valence-electron chi connectivity index (χ3n) is 5.10. The van der Waals surface area contributed by atoms with Crippen LogP contribution in [0.3, 0.4) is 0 Å². The quantitative estimate of drug-likeness (QED) is 0.635. The minimum Gasteiger partial charge on any atom is -0.496 e. The monoisotopic (exact) mass is 399 g/mol. The van der Waals surface area contributed by atoms with Crippen molar-refractivity contribution >= 4 is 0 Å². The summed E-state index contributed by atoms with van der Waals surface area (Å²) in [6.07, 6.45) is -1.86. The second-order valence-electron chi connectivity index (χ2n) is 7.14. The van der Waals surface area contributed by atoms with Gasteiger partial charge >= 0.3 is 0 Å². The van der Waals surface area contributed by atoms with E-state index in [1.807, 2.05) is 26.0 Å². The summed E-state index contributed by atoms with van der Waals surface area (Å²) in [4.78, 5) is 9.40. The smallest absolute Gasteiger partial charge is 0.267 e. The first-order valence-corrected chi connectivity index (χ1v) is 9.57. The molecule has 4 rings (SSSR count). The summed E-state index contributed by atoms with van der Waals surface area (Å²) in [6, 6.07) is 8.76. The first kappa shape index (κ1) is 19.5. The Labute approximate surface area is 168 Å². The van der Waals surface area contributed by atoms with Crippen molar-refractivity contribution in [1.82, 2.24) is 14.5 Å². The summed E-state index contributed by atoms with van der Waals surface area (Å²) in [5.74, 6) is 0.892. The van der Waals surface area contributed by atoms with Crippen LogP contribution < -0.4 is 4.74 Å². The minimum atomic E-state index is -2.59. The van der Waals surface area contributed by atoms with Crippen LogP contribution in [0.4, 0.5) is 8.78 Å². The number of ether oxygens (including phenoxy) is 2. The Morgan fingerprint density at radius 2 is 1.79 bits per heavy atom. The van der Waals surface area contributed by atoms with Gasteiger partial charge in [0, 0.05) is 41.2 Å². The summed E-state index contributed by atoms with van der Waals surface area (Å²) in [7, 11) is 1.40. The third-order valence-corrected chi connectivity index (χ3v) is 5.10. The summed E-state index contributed by atoms with van der Waals surface area (Å²) in [6.45, 7) is 5.78. The molecule has 1 aliphatic heterocycles. The average molecular weight is 399 g/mol. The number of alkyl halides is 2. The van der Waals surface area contributed by atoms with Crippen molar-refractivity contribution in [3.05, 3.63) is 53.0 Å². The predicted molar refractivity (Wildman–Crippen MR) is 106 cm³/mol. The van der Waals surface area contributed by atoms with Crippen molar-refractivity contribution in [3.8, 4) is 28.4 Å². The molecule has 7 heteroatoms. The average Bonchev–Trinajstić information content (AvgIpc) is 2.87. The lowest BCUT2D eigenvalue weighted by molar-refractivity contribution is 0.140. The molecule has 0 N–H and O–H groups in total. The molecular formula is C22H23F2N3O2. The van der Waals surface area contributed by atoms with Gasteiger partial charge in [0.1, 0.15) is 11.6 Å². The fourth-order valence-corrected chi connectivity index (χ4v) is 3.86. The molecule has 3 heterocycles. The standard InChI is InChI=1S/C22H23F2N3O2/c1-13-10-16(11-14(2)25-13)20-18-6-8-29-9-7-27(18)22(26-20)15-4-5-17(21(23)24)19(12-15)28-3/h4-5,10-12,21H,6-9H2,1-3H3. The van der Waals surface area contributed by atoms with Crippen molar-refractivity contribution in [2.24, 2.45) is 0 Å². The van der Waals surface area contributed by atoms with Crippen molar-refractivity contribution in [2.75, 3.05) is 20.3 Å². The molecule has 1 aliphatic rings.